The van der Waals surface area contributed by atoms with Gasteiger partial charge in [0.25, 0.3) is 5.91 Å². The standard InChI is InChI=1S/C17H19ClN2O/c1-11-7-8-20(12(2)9-11)17(21)14-10-16(18)19-15-6-4-3-5-13(14)15/h3-6,10-12H,7-9H2,1-2H3. The highest BCUT2D eigenvalue weighted by atomic mass is 35.5. The van der Waals surface area contributed by atoms with Crippen LogP contribution >= 0.6 is 11.6 Å². The number of carbonyl (C=O) groups is 1. The maximum atomic E-state index is 12.9. The molecule has 0 aliphatic carbocycles. The Morgan fingerprint density at radius 2 is 2.10 bits per heavy atom. The summed E-state index contributed by atoms with van der Waals surface area (Å²) in [5, 5.41) is 1.24. The summed E-state index contributed by atoms with van der Waals surface area (Å²) in [5.74, 6) is 0.747. The number of amides is 1. The van der Waals surface area contributed by atoms with Crippen molar-refractivity contribution in [2.45, 2.75) is 32.7 Å². The fraction of sp³-hybridized carbons (Fsp3) is 0.412. The van der Waals surface area contributed by atoms with Crippen molar-refractivity contribution < 1.29 is 4.79 Å². The van der Waals surface area contributed by atoms with E-state index in [4.69, 9.17) is 11.6 Å². The van der Waals surface area contributed by atoms with Gasteiger partial charge in [0.05, 0.1) is 11.1 Å². The monoisotopic (exact) mass is 302 g/mol. The zero-order chi connectivity index (χ0) is 15.0. The number of hydrogen-bond acceptors (Lipinski definition) is 2. The van der Waals surface area contributed by atoms with E-state index >= 15 is 0 Å². The second-order valence-electron chi connectivity index (χ2n) is 5.99. The molecular formula is C17H19ClN2O. The molecule has 1 fully saturated rings. The minimum absolute atomic E-state index is 0.0647. The summed E-state index contributed by atoms with van der Waals surface area (Å²) < 4.78 is 0. The van der Waals surface area contributed by atoms with E-state index in [1.165, 1.54) is 0 Å². The molecule has 2 aromatic rings. The first-order valence-electron chi connectivity index (χ1n) is 7.42. The van der Waals surface area contributed by atoms with Crippen LogP contribution in [0.4, 0.5) is 0 Å². The third-order valence-electron chi connectivity index (χ3n) is 4.31. The van der Waals surface area contributed by atoms with E-state index in [-0.39, 0.29) is 11.9 Å². The molecule has 1 amide bonds. The van der Waals surface area contributed by atoms with Crippen molar-refractivity contribution in [2.24, 2.45) is 5.92 Å². The minimum atomic E-state index is 0.0647. The van der Waals surface area contributed by atoms with Crippen molar-refractivity contribution in [1.29, 1.82) is 0 Å². The van der Waals surface area contributed by atoms with E-state index < -0.39 is 0 Å². The van der Waals surface area contributed by atoms with Crippen LogP contribution in [-0.2, 0) is 0 Å². The molecule has 0 bridgehead atoms. The molecule has 0 spiro atoms. The van der Waals surface area contributed by atoms with Gasteiger partial charge < -0.3 is 4.90 Å². The summed E-state index contributed by atoms with van der Waals surface area (Å²) in [6, 6.07) is 9.62. The number of fused-ring (bicyclic) bond motifs is 1. The van der Waals surface area contributed by atoms with Gasteiger partial charge in [-0.1, -0.05) is 36.7 Å². The maximum absolute atomic E-state index is 12.9. The zero-order valence-corrected chi connectivity index (χ0v) is 13.1. The van der Waals surface area contributed by atoms with Gasteiger partial charge in [-0.05, 0) is 37.8 Å². The lowest BCUT2D eigenvalue weighted by atomic mass is 9.92. The predicted octanol–water partition coefficient (Wildman–Crippen LogP) is 4.15. The normalized spacial score (nSPS) is 22.5. The Balaban J connectivity index is 2.02. The van der Waals surface area contributed by atoms with Gasteiger partial charge in [-0.3, -0.25) is 4.79 Å². The number of halogens is 1. The van der Waals surface area contributed by atoms with E-state index in [9.17, 15) is 4.79 Å². The van der Waals surface area contributed by atoms with Crippen molar-refractivity contribution in [3.63, 3.8) is 0 Å². The molecule has 4 heteroatoms. The van der Waals surface area contributed by atoms with Crippen LogP contribution in [0.1, 0.15) is 37.0 Å². The molecule has 3 nitrogen and oxygen atoms in total. The zero-order valence-electron chi connectivity index (χ0n) is 12.3. The Morgan fingerprint density at radius 3 is 2.86 bits per heavy atom. The van der Waals surface area contributed by atoms with Crippen LogP contribution in [0.15, 0.2) is 30.3 Å². The Bertz CT molecular complexity index is 686. The number of carbonyl (C=O) groups excluding carboxylic acids is 1. The molecule has 3 rings (SSSR count). The second-order valence-corrected chi connectivity index (χ2v) is 6.37. The van der Waals surface area contributed by atoms with Crippen LogP contribution in [0.25, 0.3) is 10.9 Å². The molecule has 0 radical (unpaired) electrons. The molecule has 0 saturated carbocycles. The fourth-order valence-corrected chi connectivity index (χ4v) is 3.38. The van der Waals surface area contributed by atoms with Gasteiger partial charge in [0.15, 0.2) is 0 Å². The molecule has 1 saturated heterocycles. The van der Waals surface area contributed by atoms with E-state index in [0.29, 0.717) is 16.6 Å². The first-order valence-corrected chi connectivity index (χ1v) is 7.80. The summed E-state index contributed by atoms with van der Waals surface area (Å²) >= 11 is 6.08. The number of pyridine rings is 1. The van der Waals surface area contributed by atoms with Crippen LogP contribution in [0, 0.1) is 5.92 Å². The Labute approximate surface area is 129 Å². The van der Waals surface area contributed by atoms with Crippen molar-refractivity contribution in [3.8, 4) is 0 Å². The number of hydrogen-bond donors (Lipinski definition) is 0. The molecule has 1 aliphatic rings. The van der Waals surface area contributed by atoms with Crippen molar-refractivity contribution >= 4 is 28.4 Å². The average Bonchev–Trinajstić information content (AvgIpc) is 2.45. The molecule has 1 aliphatic heterocycles. The predicted molar refractivity (Wildman–Crippen MR) is 85.6 cm³/mol. The summed E-state index contributed by atoms with van der Waals surface area (Å²) in [7, 11) is 0. The lowest BCUT2D eigenvalue weighted by molar-refractivity contribution is 0.0590. The molecule has 1 aromatic carbocycles. The number of rotatable bonds is 1. The molecule has 2 heterocycles. The van der Waals surface area contributed by atoms with Gasteiger partial charge in [-0.15, -0.1) is 0 Å². The third kappa shape index (κ3) is 2.75. The highest BCUT2D eigenvalue weighted by Gasteiger charge is 2.28. The van der Waals surface area contributed by atoms with Gasteiger partial charge >= 0.3 is 0 Å². The Kier molecular flexibility index (Phi) is 3.85. The second kappa shape index (κ2) is 5.64. The van der Waals surface area contributed by atoms with E-state index in [0.717, 1.165) is 30.3 Å². The van der Waals surface area contributed by atoms with Crippen molar-refractivity contribution in [3.05, 3.63) is 41.0 Å². The van der Waals surface area contributed by atoms with Crippen LogP contribution in [0.2, 0.25) is 5.15 Å². The van der Waals surface area contributed by atoms with Gasteiger partial charge in [0, 0.05) is 18.0 Å². The number of aromatic nitrogens is 1. The van der Waals surface area contributed by atoms with Gasteiger partial charge in [0.1, 0.15) is 5.15 Å². The van der Waals surface area contributed by atoms with Crippen LogP contribution in [-0.4, -0.2) is 28.4 Å². The minimum Gasteiger partial charge on any atom is -0.336 e. The molecule has 0 N–H and O–H groups in total. The van der Waals surface area contributed by atoms with Gasteiger partial charge in [0.2, 0.25) is 0 Å². The topological polar surface area (TPSA) is 33.2 Å². The van der Waals surface area contributed by atoms with Gasteiger partial charge in [-0.25, -0.2) is 4.98 Å². The number of piperidine rings is 1. The summed E-state index contributed by atoms with van der Waals surface area (Å²) in [4.78, 5) is 19.2. The number of benzene rings is 1. The highest BCUT2D eigenvalue weighted by Crippen LogP contribution is 2.27. The molecular weight excluding hydrogens is 284 g/mol. The molecule has 2 unspecified atom stereocenters. The fourth-order valence-electron chi connectivity index (χ4n) is 3.18. The summed E-state index contributed by atoms with van der Waals surface area (Å²) in [6.07, 6.45) is 2.12. The summed E-state index contributed by atoms with van der Waals surface area (Å²) in [5.41, 5.74) is 1.43. The largest absolute Gasteiger partial charge is 0.336 e. The van der Waals surface area contributed by atoms with Gasteiger partial charge in [-0.2, -0.15) is 0 Å². The Hall–Kier alpha value is -1.61. The van der Waals surface area contributed by atoms with E-state index in [1.807, 2.05) is 29.2 Å². The first-order chi connectivity index (χ1) is 10.1. The number of nitrogens with zero attached hydrogens (tertiary/aromatic N) is 2. The smallest absolute Gasteiger partial charge is 0.254 e. The quantitative estimate of drug-likeness (QED) is 0.741. The maximum Gasteiger partial charge on any atom is 0.254 e. The molecule has 2 atom stereocenters. The van der Waals surface area contributed by atoms with Crippen LogP contribution < -0.4 is 0 Å². The molecule has 110 valence electrons. The Morgan fingerprint density at radius 1 is 1.33 bits per heavy atom. The SMILES string of the molecule is CC1CCN(C(=O)c2cc(Cl)nc3ccccc23)C(C)C1. The molecule has 1 aromatic heterocycles. The number of likely N-dealkylation sites (tertiary alicyclic amines) is 1. The lowest BCUT2D eigenvalue weighted by Crippen LogP contribution is -2.44. The van der Waals surface area contributed by atoms with Crippen LogP contribution in [0.5, 0.6) is 0 Å². The lowest BCUT2D eigenvalue weighted by Gasteiger charge is -2.36. The average molecular weight is 303 g/mol. The van der Waals surface area contributed by atoms with Crippen molar-refractivity contribution in [1.82, 2.24) is 9.88 Å². The highest BCUT2D eigenvalue weighted by molar-refractivity contribution is 6.30. The van der Waals surface area contributed by atoms with E-state index in [1.54, 1.807) is 6.07 Å². The van der Waals surface area contributed by atoms with E-state index in [2.05, 4.69) is 18.8 Å². The van der Waals surface area contributed by atoms with Crippen LogP contribution in [0.3, 0.4) is 0 Å². The first kappa shape index (κ1) is 14.3. The molecule has 21 heavy (non-hydrogen) atoms. The number of para-hydroxylation sites is 1. The van der Waals surface area contributed by atoms with Crippen molar-refractivity contribution in [2.75, 3.05) is 6.54 Å². The third-order valence-corrected chi connectivity index (χ3v) is 4.51. The summed E-state index contributed by atoms with van der Waals surface area (Å²) in [6.45, 7) is 5.19.